The zero-order valence-electron chi connectivity index (χ0n) is 10.6. The van der Waals surface area contributed by atoms with E-state index in [1.54, 1.807) is 0 Å². The SMILES string of the molecule is CC1CCCC(SCCCNC(C)C)C1. The molecular weight excluding hydrogens is 202 g/mol. The molecule has 1 fully saturated rings. The molecule has 1 N–H and O–H groups in total. The summed E-state index contributed by atoms with van der Waals surface area (Å²) in [6.07, 6.45) is 7.18. The van der Waals surface area contributed by atoms with Crippen LogP contribution in [0.4, 0.5) is 0 Å². The molecule has 2 unspecified atom stereocenters. The second-order valence-electron chi connectivity index (χ2n) is 5.23. The third-order valence-corrected chi connectivity index (χ3v) is 4.54. The monoisotopic (exact) mass is 229 g/mol. The highest BCUT2D eigenvalue weighted by Gasteiger charge is 2.18. The van der Waals surface area contributed by atoms with Gasteiger partial charge in [-0.15, -0.1) is 0 Å². The number of hydrogen-bond acceptors (Lipinski definition) is 2. The maximum Gasteiger partial charge on any atom is 0.00495 e. The van der Waals surface area contributed by atoms with Gasteiger partial charge in [0.15, 0.2) is 0 Å². The van der Waals surface area contributed by atoms with Crippen molar-refractivity contribution in [2.24, 2.45) is 5.92 Å². The molecule has 0 spiro atoms. The van der Waals surface area contributed by atoms with E-state index in [4.69, 9.17) is 0 Å². The highest BCUT2D eigenvalue weighted by Crippen LogP contribution is 2.31. The summed E-state index contributed by atoms with van der Waals surface area (Å²) in [5.74, 6) is 2.32. The third kappa shape index (κ3) is 6.47. The Labute approximate surface area is 99.8 Å². The van der Waals surface area contributed by atoms with E-state index in [1.165, 1.54) is 44.4 Å². The second-order valence-corrected chi connectivity index (χ2v) is 6.64. The van der Waals surface area contributed by atoms with Crippen LogP contribution >= 0.6 is 11.8 Å². The van der Waals surface area contributed by atoms with E-state index in [0.717, 1.165) is 11.2 Å². The lowest BCUT2D eigenvalue weighted by atomic mass is 9.91. The van der Waals surface area contributed by atoms with Crippen molar-refractivity contribution >= 4 is 11.8 Å². The largest absolute Gasteiger partial charge is 0.315 e. The van der Waals surface area contributed by atoms with E-state index in [2.05, 4.69) is 37.8 Å². The molecule has 15 heavy (non-hydrogen) atoms. The summed E-state index contributed by atoms with van der Waals surface area (Å²) in [6.45, 7) is 8.03. The van der Waals surface area contributed by atoms with Gasteiger partial charge in [-0.3, -0.25) is 0 Å². The Hall–Kier alpha value is 0.310. The number of thioether (sulfide) groups is 1. The van der Waals surface area contributed by atoms with Crippen LogP contribution in [0.3, 0.4) is 0 Å². The van der Waals surface area contributed by atoms with Crippen LogP contribution in [-0.4, -0.2) is 23.6 Å². The molecule has 0 aromatic rings. The lowest BCUT2D eigenvalue weighted by molar-refractivity contribution is 0.394. The summed E-state index contributed by atoms with van der Waals surface area (Å²) in [7, 11) is 0. The third-order valence-electron chi connectivity index (χ3n) is 3.12. The van der Waals surface area contributed by atoms with Crippen LogP contribution in [0.25, 0.3) is 0 Å². The van der Waals surface area contributed by atoms with Gasteiger partial charge in [0.1, 0.15) is 0 Å². The maximum absolute atomic E-state index is 3.48. The zero-order valence-corrected chi connectivity index (χ0v) is 11.4. The van der Waals surface area contributed by atoms with Crippen LogP contribution < -0.4 is 5.32 Å². The van der Waals surface area contributed by atoms with E-state index in [9.17, 15) is 0 Å². The number of nitrogens with one attached hydrogen (secondary N) is 1. The minimum absolute atomic E-state index is 0.643. The van der Waals surface area contributed by atoms with Gasteiger partial charge in [-0.25, -0.2) is 0 Å². The molecule has 90 valence electrons. The summed E-state index contributed by atoms with van der Waals surface area (Å²) >= 11 is 2.21. The fraction of sp³-hybridized carbons (Fsp3) is 1.00. The normalized spacial score (nSPS) is 27.2. The molecule has 1 saturated carbocycles. The molecule has 1 aliphatic carbocycles. The molecule has 0 aromatic carbocycles. The molecule has 0 aromatic heterocycles. The van der Waals surface area contributed by atoms with Crippen molar-refractivity contribution in [3.8, 4) is 0 Å². The van der Waals surface area contributed by atoms with Gasteiger partial charge in [0.05, 0.1) is 0 Å². The molecule has 1 aliphatic rings. The van der Waals surface area contributed by atoms with Gasteiger partial charge in [-0.1, -0.05) is 33.6 Å². The van der Waals surface area contributed by atoms with E-state index in [1.807, 2.05) is 0 Å². The van der Waals surface area contributed by atoms with Crippen molar-refractivity contribution in [2.45, 2.75) is 64.2 Å². The van der Waals surface area contributed by atoms with Crippen LogP contribution in [0, 0.1) is 5.92 Å². The first-order valence-electron chi connectivity index (χ1n) is 6.53. The van der Waals surface area contributed by atoms with Gasteiger partial charge in [0.2, 0.25) is 0 Å². The average molecular weight is 229 g/mol. The Balaban J connectivity index is 1.95. The standard InChI is InChI=1S/C13H27NS/c1-11(2)14-8-5-9-15-13-7-4-6-12(3)10-13/h11-14H,4-10H2,1-3H3. The van der Waals surface area contributed by atoms with E-state index >= 15 is 0 Å². The summed E-state index contributed by atoms with van der Waals surface area (Å²) in [6, 6.07) is 0.643. The van der Waals surface area contributed by atoms with Gasteiger partial charge in [-0.05, 0) is 37.5 Å². The topological polar surface area (TPSA) is 12.0 Å². The van der Waals surface area contributed by atoms with Crippen LogP contribution in [0.1, 0.15) is 52.9 Å². The van der Waals surface area contributed by atoms with Gasteiger partial charge in [0, 0.05) is 11.3 Å². The summed E-state index contributed by atoms with van der Waals surface area (Å²) in [4.78, 5) is 0. The molecule has 0 bridgehead atoms. The van der Waals surface area contributed by atoms with Crippen molar-refractivity contribution in [3.63, 3.8) is 0 Å². The molecule has 2 atom stereocenters. The lowest BCUT2D eigenvalue weighted by Gasteiger charge is -2.26. The summed E-state index contributed by atoms with van der Waals surface area (Å²) < 4.78 is 0. The van der Waals surface area contributed by atoms with Gasteiger partial charge in [-0.2, -0.15) is 11.8 Å². The van der Waals surface area contributed by atoms with Gasteiger partial charge in [0.25, 0.3) is 0 Å². The van der Waals surface area contributed by atoms with Crippen LogP contribution in [0.5, 0.6) is 0 Å². The van der Waals surface area contributed by atoms with Crippen LogP contribution in [0.15, 0.2) is 0 Å². The maximum atomic E-state index is 3.48. The Morgan fingerprint density at radius 2 is 2.13 bits per heavy atom. The van der Waals surface area contributed by atoms with Crippen LogP contribution in [0.2, 0.25) is 0 Å². The minimum atomic E-state index is 0.643. The molecule has 0 saturated heterocycles. The highest BCUT2D eigenvalue weighted by atomic mass is 32.2. The molecule has 0 radical (unpaired) electrons. The molecule has 0 amide bonds. The van der Waals surface area contributed by atoms with Crippen LogP contribution in [-0.2, 0) is 0 Å². The number of rotatable bonds is 6. The van der Waals surface area contributed by atoms with E-state index in [0.29, 0.717) is 6.04 Å². The summed E-state index contributed by atoms with van der Waals surface area (Å²) in [5.41, 5.74) is 0. The highest BCUT2D eigenvalue weighted by molar-refractivity contribution is 7.99. The number of hydrogen-bond donors (Lipinski definition) is 1. The molecule has 1 nitrogen and oxygen atoms in total. The average Bonchev–Trinajstić information content (AvgIpc) is 2.17. The first-order valence-corrected chi connectivity index (χ1v) is 7.58. The molecule has 1 rings (SSSR count). The van der Waals surface area contributed by atoms with Crippen molar-refractivity contribution in [1.82, 2.24) is 5.32 Å². The van der Waals surface area contributed by atoms with Crippen molar-refractivity contribution in [1.29, 1.82) is 0 Å². The lowest BCUT2D eigenvalue weighted by Crippen LogP contribution is -2.24. The Kier molecular flexibility index (Phi) is 6.74. The first-order chi connectivity index (χ1) is 7.18. The smallest absolute Gasteiger partial charge is 0.00495 e. The van der Waals surface area contributed by atoms with Crippen molar-refractivity contribution < 1.29 is 0 Å². The first kappa shape index (κ1) is 13.4. The Morgan fingerprint density at radius 3 is 2.80 bits per heavy atom. The quantitative estimate of drug-likeness (QED) is 0.697. The fourth-order valence-corrected chi connectivity index (χ4v) is 3.69. The molecule has 0 heterocycles. The Morgan fingerprint density at radius 1 is 1.33 bits per heavy atom. The predicted octanol–water partition coefficient (Wildman–Crippen LogP) is 3.69. The second kappa shape index (κ2) is 7.56. The molecular formula is C13H27NS. The van der Waals surface area contributed by atoms with Crippen molar-refractivity contribution in [2.75, 3.05) is 12.3 Å². The fourth-order valence-electron chi connectivity index (χ4n) is 2.24. The summed E-state index contributed by atoms with van der Waals surface area (Å²) in [5, 5.41) is 4.44. The van der Waals surface area contributed by atoms with Gasteiger partial charge >= 0.3 is 0 Å². The van der Waals surface area contributed by atoms with E-state index in [-0.39, 0.29) is 0 Å². The van der Waals surface area contributed by atoms with E-state index < -0.39 is 0 Å². The minimum Gasteiger partial charge on any atom is -0.315 e. The van der Waals surface area contributed by atoms with Gasteiger partial charge < -0.3 is 5.32 Å². The van der Waals surface area contributed by atoms with Crippen molar-refractivity contribution in [3.05, 3.63) is 0 Å². The molecule has 2 heteroatoms. The zero-order chi connectivity index (χ0) is 11.1. The predicted molar refractivity (Wildman–Crippen MR) is 71.6 cm³/mol. The molecule has 0 aliphatic heterocycles. The Bertz CT molecular complexity index is 159.